The first-order valence-corrected chi connectivity index (χ1v) is 10.5. The number of amides is 2. The van der Waals surface area contributed by atoms with Gasteiger partial charge in [-0.1, -0.05) is 61.5 Å². The summed E-state index contributed by atoms with van der Waals surface area (Å²) in [6.07, 6.45) is 1.03. The Kier molecular flexibility index (Phi) is 6.23. The van der Waals surface area contributed by atoms with E-state index in [9.17, 15) is 4.79 Å². The molecule has 2 amide bonds. The fourth-order valence-corrected chi connectivity index (χ4v) is 3.58. The largest absolute Gasteiger partial charge is 0.352 e. The van der Waals surface area contributed by atoms with E-state index in [4.69, 9.17) is 0 Å². The van der Waals surface area contributed by atoms with Crippen molar-refractivity contribution in [1.82, 2.24) is 20.4 Å². The lowest BCUT2D eigenvalue weighted by Crippen LogP contribution is -2.51. The fraction of sp³-hybridized carbons (Fsp3) is 0.292. The second-order valence-corrected chi connectivity index (χ2v) is 7.45. The van der Waals surface area contributed by atoms with Gasteiger partial charge in [-0.25, -0.2) is 4.79 Å². The first-order chi connectivity index (χ1) is 14.7. The third-order valence-electron chi connectivity index (χ3n) is 5.49. The molecule has 30 heavy (non-hydrogen) atoms. The van der Waals surface area contributed by atoms with E-state index in [1.54, 1.807) is 0 Å². The molecule has 0 radical (unpaired) electrons. The number of hydrogen-bond donors (Lipinski definition) is 1. The second kappa shape index (κ2) is 9.39. The number of aromatic nitrogens is 2. The summed E-state index contributed by atoms with van der Waals surface area (Å²) in [5.41, 5.74) is 4.37. The van der Waals surface area contributed by atoms with Crippen LogP contribution in [0.1, 0.15) is 18.1 Å². The predicted octanol–water partition coefficient (Wildman–Crippen LogP) is 3.74. The van der Waals surface area contributed by atoms with Gasteiger partial charge in [0.05, 0.1) is 5.69 Å². The van der Waals surface area contributed by atoms with Crippen LogP contribution in [0.25, 0.3) is 11.3 Å². The summed E-state index contributed by atoms with van der Waals surface area (Å²) in [6.45, 7) is 5.53. The SMILES string of the molecule is CCc1ccc(-c2ccc(N3CCN(C(=O)NCc4ccccc4)CC3)nn2)cc1. The van der Waals surface area contributed by atoms with Crippen molar-refractivity contribution in [2.24, 2.45) is 0 Å². The van der Waals surface area contributed by atoms with Gasteiger partial charge < -0.3 is 15.1 Å². The number of urea groups is 1. The molecule has 154 valence electrons. The molecule has 0 spiro atoms. The number of carbonyl (C=O) groups excluding carboxylic acids is 1. The van der Waals surface area contributed by atoms with E-state index in [2.05, 4.69) is 51.6 Å². The van der Waals surface area contributed by atoms with Crippen LogP contribution in [0.5, 0.6) is 0 Å². The van der Waals surface area contributed by atoms with Crippen LogP contribution in [-0.2, 0) is 13.0 Å². The third-order valence-corrected chi connectivity index (χ3v) is 5.49. The first-order valence-electron chi connectivity index (χ1n) is 10.5. The minimum atomic E-state index is -0.0181. The van der Waals surface area contributed by atoms with E-state index in [-0.39, 0.29) is 6.03 Å². The molecule has 1 aliphatic heterocycles. The molecule has 1 N–H and O–H groups in total. The number of rotatable bonds is 5. The van der Waals surface area contributed by atoms with E-state index >= 15 is 0 Å². The van der Waals surface area contributed by atoms with E-state index in [0.717, 1.165) is 42.1 Å². The average molecular weight is 402 g/mol. The molecule has 6 heteroatoms. The quantitative estimate of drug-likeness (QED) is 0.708. The highest BCUT2D eigenvalue weighted by Gasteiger charge is 2.22. The van der Waals surface area contributed by atoms with Crippen molar-refractivity contribution >= 4 is 11.8 Å². The Morgan fingerprint density at radius 3 is 2.23 bits per heavy atom. The van der Waals surface area contributed by atoms with E-state index in [1.165, 1.54) is 5.56 Å². The Morgan fingerprint density at radius 2 is 1.60 bits per heavy atom. The first kappa shape index (κ1) is 19.9. The summed E-state index contributed by atoms with van der Waals surface area (Å²) < 4.78 is 0. The number of aryl methyl sites for hydroxylation is 1. The van der Waals surface area contributed by atoms with Crippen LogP contribution in [0.3, 0.4) is 0 Å². The summed E-state index contributed by atoms with van der Waals surface area (Å²) in [7, 11) is 0. The molecule has 6 nitrogen and oxygen atoms in total. The van der Waals surface area contributed by atoms with Crippen molar-refractivity contribution in [3.63, 3.8) is 0 Å². The maximum absolute atomic E-state index is 12.4. The van der Waals surface area contributed by atoms with E-state index in [0.29, 0.717) is 19.6 Å². The number of hydrogen-bond acceptors (Lipinski definition) is 4. The molecule has 0 bridgehead atoms. The van der Waals surface area contributed by atoms with Crippen molar-refractivity contribution in [2.45, 2.75) is 19.9 Å². The topological polar surface area (TPSA) is 61.4 Å². The van der Waals surface area contributed by atoms with Gasteiger partial charge >= 0.3 is 6.03 Å². The molecule has 2 heterocycles. The van der Waals surface area contributed by atoms with Crippen LogP contribution in [-0.4, -0.2) is 47.3 Å². The van der Waals surface area contributed by atoms with Crippen molar-refractivity contribution in [1.29, 1.82) is 0 Å². The molecular weight excluding hydrogens is 374 g/mol. The van der Waals surface area contributed by atoms with Crippen molar-refractivity contribution in [2.75, 3.05) is 31.1 Å². The second-order valence-electron chi connectivity index (χ2n) is 7.45. The zero-order valence-electron chi connectivity index (χ0n) is 17.3. The molecule has 0 unspecified atom stereocenters. The Balaban J connectivity index is 1.29. The Bertz CT molecular complexity index is 949. The molecule has 4 rings (SSSR count). The monoisotopic (exact) mass is 401 g/mol. The van der Waals surface area contributed by atoms with Gasteiger partial charge in [0.2, 0.25) is 0 Å². The van der Waals surface area contributed by atoms with Gasteiger partial charge in [0, 0.05) is 38.3 Å². The van der Waals surface area contributed by atoms with E-state index < -0.39 is 0 Å². The van der Waals surface area contributed by atoms with Crippen molar-refractivity contribution in [3.8, 4) is 11.3 Å². The maximum Gasteiger partial charge on any atom is 0.317 e. The van der Waals surface area contributed by atoms with Gasteiger partial charge in [0.1, 0.15) is 0 Å². The molecule has 1 aromatic heterocycles. The molecule has 3 aromatic rings. The zero-order chi connectivity index (χ0) is 20.8. The van der Waals surface area contributed by atoms with Gasteiger partial charge in [-0.15, -0.1) is 10.2 Å². The Labute approximate surface area is 177 Å². The highest BCUT2D eigenvalue weighted by Crippen LogP contribution is 2.20. The van der Waals surface area contributed by atoms with Gasteiger partial charge in [-0.05, 0) is 29.7 Å². The van der Waals surface area contributed by atoms with Crippen LogP contribution in [0.4, 0.5) is 10.6 Å². The Morgan fingerprint density at radius 1 is 0.867 bits per heavy atom. The number of nitrogens with zero attached hydrogens (tertiary/aromatic N) is 4. The van der Waals surface area contributed by atoms with E-state index in [1.807, 2.05) is 47.4 Å². The van der Waals surface area contributed by atoms with Gasteiger partial charge in [0.15, 0.2) is 5.82 Å². The molecule has 0 aliphatic carbocycles. The lowest BCUT2D eigenvalue weighted by Gasteiger charge is -2.35. The smallest absolute Gasteiger partial charge is 0.317 e. The van der Waals surface area contributed by atoms with Gasteiger partial charge in [-0.3, -0.25) is 0 Å². The van der Waals surface area contributed by atoms with Crippen molar-refractivity contribution < 1.29 is 4.79 Å². The molecule has 1 saturated heterocycles. The van der Waals surface area contributed by atoms with Crippen LogP contribution in [0.15, 0.2) is 66.7 Å². The molecular formula is C24H27N5O. The summed E-state index contributed by atoms with van der Waals surface area (Å²) in [5, 5.41) is 11.8. The normalized spacial score (nSPS) is 13.9. The number of carbonyl (C=O) groups is 1. The standard InChI is InChI=1S/C24H27N5O/c1-2-19-8-10-21(11-9-19)22-12-13-23(27-26-22)28-14-16-29(17-15-28)24(30)25-18-20-6-4-3-5-7-20/h3-13H,2,14-18H2,1H3,(H,25,30). The maximum atomic E-state index is 12.4. The van der Waals surface area contributed by atoms with Crippen molar-refractivity contribution in [3.05, 3.63) is 77.9 Å². The van der Waals surface area contributed by atoms with Crippen LogP contribution >= 0.6 is 0 Å². The number of piperazine rings is 1. The summed E-state index contributed by atoms with van der Waals surface area (Å²) in [6, 6.07) is 22.4. The Hall–Kier alpha value is -3.41. The summed E-state index contributed by atoms with van der Waals surface area (Å²) in [5.74, 6) is 0.855. The fourth-order valence-electron chi connectivity index (χ4n) is 3.58. The van der Waals surface area contributed by atoms with Gasteiger partial charge in [-0.2, -0.15) is 0 Å². The number of nitrogens with one attached hydrogen (secondary N) is 1. The minimum Gasteiger partial charge on any atom is -0.352 e. The summed E-state index contributed by atoms with van der Waals surface area (Å²) >= 11 is 0. The summed E-state index contributed by atoms with van der Waals surface area (Å²) in [4.78, 5) is 16.5. The third kappa shape index (κ3) is 4.76. The molecule has 1 aliphatic rings. The predicted molar refractivity (Wildman–Crippen MR) is 119 cm³/mol. The van der Waals surface area contributed by atoms with Crippen LogP contribution in [0.2, 0.25) is 0 Å². The minimum absolute atomic E-state index is 0.0181. The molecule has 2 aromatic carbocycles. The molecule has 1 fully saturated rings. The van der Waals surface area contributed by atoms with Gasteiger partial charge in [0.25, 0.3) is 0 Å². The lowest BCUT2D eigenvalue weighted by molar-refractivity contribution is 0.194. The highest BCUT2D eigenvalue weighted by atomic mass is 16.2. The number of anilines is 1. The van der Waals surface area contributed by atoms with Crippen LogP contribution < -0.4 is 10.2 Å². The lowest BCUT2D eigenvalue weighted by atomic mass is 10.1. The average Bonchev–Trinajstić information content (AvgIpc) is 2.83. The number of benzene rings is 2. The molecule has 0 saturated carbocycles. The highest BCUT2D eigenvalue weighted by molar-refractivity contribution is 5.74. The van der Waals surface area contributed by atoms with Crippen LogP contribution in [0, 0.1) is 0 Å². The molecule has 0 atom stereocenters. The zero-order valence-corrected chi connectivity index (χ0v) is 17.3.